The van der Waals surface area contributed by atoms with Crippen molar-refractivity contribution in [3.05, 3.63) is 101 Å². The predicted octanol–water partition coefficient (Wildman–Crippen LogP) is 4.85. The number of rotatable bonds is 5. The number of amides is 1. The molecule has 0 saturated heterocycles. The minimum atomic E-state index is -0.276. The molecule has 0 atom stereocenters. The average molecular weight is 357 g/mol. The van der Waals surface area contributed by atoms with Gasteiger partial charge in [0.1, 0.15) is 5.75 Å². The highest BCUT2D eigenvalue weighted by Crippen LogP contribution is 2.19. The first-order valence-electron chi connectivity index (χ1n) is 8.51. The van der Waals surface area contributed by atoms with Gasteiger partial charge < -0.3 is 10.4 Å². The molecule has 0 saturated carbocycles. The summed E-state index contributed by atoms with van der Waals surface area (Å²) < 4.78 is 0. The zero-order chi connectivity index (χ0) is 19.2. The van der Waals surface area contributed by atoms with Crippen LogP contribution in [0.15, 0.2) is 78.9 Å². The van der Waals surface area contributed by atoms with Gasteiger partial charge in [-0.15, -0.1) is 0 Å². The van der Waals surface area contributed by atoms with Gasteiger partial charge in [-0.1, -0.05) is 48.0 Å². The van der Waals surface area contributed by atoms with E-state index in [2.05, 4.69) is 5.32 Å². The lowest BCUT2D eigenvalue weighted by Gasteiger charge is -2.05. The van der Waals surface area contributed by atoms with Crippen molar-refractivity contribution >= 4 is 23.5 Å². The first kappa shape index (κ1) is 18.1. The molecule has 0 heterocycles. The Morgan fingerprint density at radius 1 is 0.926 bits per heavy atom. The van der Waals surface area contributed by atoms with Crippen molar-refractivity contribution in [1.82, 2.24) is 0 Å². The Labute approximate surface area is 157 Å². The lowest BCUT2D eigenvalue weighted by Crippen LogP contribution is -2.11. The molecule has 0 radical (unpaired) electrons. The van der Waals surface area contributed by atoms with Gasteiger partial charge in [0.2, 0.25) is 0 Å². The molecule has 4 heteroatoms. The molecule has 0 aromatic heterocycles. The minimum absolute atomic E-state index is 0.0387. The zero-order valence-corrected chi connectivity index (χ0v) is 14.8. The molecule has 0 aliphatic carbocycles. The third-order valence-corrected chi connectivity index (χ3v) is 4.05. The van der Waals surface area contributed by atoms with Crippen molar-refractivity contribution in [2.24, 2.45) is 0 Å². The number of ketones is 1. The number of para-hydroxylation sites is 1. The highest BCUT2D eigenvalue weighted by molar-refractivity contribution is 6.08. The molecule has 3 aromatic carbocycles. The van der Waals surface area contributed by atoms with E-state index in [1.165, 1.54) is 12.1 Å². The molecule has 3 aromatic rings. The van der Waals surface area contributed by atoms with E-state index in [-0.39, 0.29) is 23.0 Å². The van der Waals surface area contributed by atoms with Gasteiger partial charge in [-0.2, -0.15) is 0 Å². The van der Waals surface area contributed by atoms with Gasteiger partial charge in [-0.25, -0.2) is 0 Å². The highest BCUT2D eigenvalue weighted by Gasteiger charge is 2.08. The molecular formula is C23H19NO3. The van der Waals surface area contributed by atoms with Crippen LogP contribution in [0, 0.1) is 6.92 Å². The van der Waals surface area contributed by atoms with E-state index in [1.807, 2.05) is 37.3 Å². The normalized spacial score (nSPS) is 10.7. The number of aromatic hydroxyl groups is 1. The molecule has 4 nitrogen and oxygen atoms in total. The van der Waals surface area contributed by atoms with Crippen LogP contribution >= 0.6 is 0 Å². The van der Waals surface area contributed by atoms with Crippen LogP contribution in [0.25, 0.3) is 6.08 Å². The molecule has 0 spiro atoms. The van der Waals surface area contributed by atoms with E-state index in [9.17, 15) is 14.7 Å². The molecule has 0 aliphatic heterocycles. The van der Waals surface area contributed by atoms with Crippen molar-refractivity contribution in [2.45, 2.75) is 6.92 Å². The van der Waals surface area contributed by atoms with Crippen LogP contribution in [0.2, 0.25) is 0 Å². The number of phenolic OH excluding ortho intramolecular Hbond substituents is 1. The van der Waals surface area contributed by atoms with Crippen LogP contribution in [-0.4, -0.2) is 16.8 Å². The third-order valence-electron chi connectivity index (χ3n) is 4.05. The Kier molecular flexibility index (Phi) is 5.47. The molecule has 0 fully saturated rings. The monoisotopic (exact) mass is 357 g/mol. The number of benzene rings is 3. The molecule has 27 heavy (non-hydrogen) atoms. The van der Waals surface area contributed by atoms with Gasteiger partial charge in [0, 0.05) is 11.3 Å². The SMILES string of the molecule is Cc1ccc(O)c(C(=O)/C=C/c2ccc(C(=O)Nc3ccccc3)cc2)c1. The van der Waals surface area contributed by atoms with Gasteiger partial charge >= 0.3 is 0 Å². The van der Waals surface area contributed by atoms with Crippen molar-refractivity contribution < 1.29 is 14.7 Å². The maximum absolute atomic E-state index is 12.3. The minimum Gasteiger partial charge on any atom is -0.507 e. The number of allylic oxidation sites excluding steroid dienone is 1. The van der Waals surface area contributed by atoms with Gasteiger partial charge in [-0.05, 0) is 55.0 Å². The fourth-order valence-corrected chi connectivity index (χ4v) is 2.58. The highest BCUT2D eigenvalue weighted by atomic mass is 16.3. The summed E-state index contributed by atoms with van der Waals surface area (Å²) in [5.41, 5.74) is 3.21. The van der Waals surface area contributed by atoms with Crippen molar-refractivity contribution in [3.8, 4) is 5.75 Å². The number of aryl methyl sites for hydroxylation is 1. The molecule has 2 N–H and O–H groups in total. The van der Waals surface area contributed by atoms with Crippen LogP contribution in [0.1, 0.15) is 31.8 Å². The predicted molar refractivity (Wildman–Crippen MR) is 107 cm³/mol. The van der Waals surface area contributed by atoms with Gasteiger partial charge in [0.05, 0.1) is 5.56 Å². The topological polar surface area (TPSA) is 66.4 Å². The molecule has 1 amide bonds. The number of carbonyl (C=O) groups is 2. The number of phenols is 1. The molecule has 0 bridgehead atoms. The van der Waals surface area contributed by atoms with Crippen LogP contribution < -0.4 is 5.32 Å². The summed E-state index contributed by atoms with van der Waals surface area (Å²) in [5.74, 6) is -0.511. The van der Waals surface area contributed by atoms with Gasteiger partial charge in [0.25, 0.3) is 5.91 Å². The van der Waals surface area contributed by atoms with Gasteiger partial charge in [-0.3, -0.25) is 9.59 Å². The van der Waals surface area contributed by atoms with Crippen molar-refractivity contribution in [2.75, 3.05) is 5.32 Å². The van der Waals surface area contributed by atoms with Crippen molar-refractivity contribution in [3.63, 3.8) is 0 Å². The molecule has 0 unspecified atom stereocenters. The summed E-state index contributed by atoms with van der Waals surface area (Å²) in [6, 6.07) is 21.1. The second-order valence-corrected chi connectivity index (χ2v) is 6.16. The zero-order valence-electron chi connectivity index (χ0n) is 14.8. The lowest BCUT2D eigenvalue weighted by atomic mass is 10.0. The second kappa shape index (κ2) is 8.15. The number of hydrogen-bond donors (Lipinski definition) is 2. The number of carbonyl (C=O) groups excluding carboxylic acids is 2. The maximum atomic E-state index is 12.3. The molecule has 3 rings (SSSR count). The van der Waals surface area contributed by atoms with E-state index >= 15 is 0 Å². The quantitative estimate of drug-likeness (QED) is 0.507. The summed E-state index contributed by atoms with van der Waals surface area (Å²) in [7, 11) is 0. The van der Waals surface area contributed by atoms with Crippen molar-refractivity contribution in [1.29, 1.82) is 0 Å². The second-order valence-electron chi connectivity index (χ2n) is 6.16. The Morgan fingerprint density at radius 3 is 2.33 bits per heavy atom. The van der Waals surface area contributed by atoms with Crippen LogP contribution in [-0.2, 0) is 0 Å². The van der Waals surface area contributed by atoms with E-state index in [0.717, 1.165) is 16.8 Å². The maximum Gasteiger partial charge on any atom is 0.255 e. The Morgan fingerprint density at radius 2 is 1.63 bits per heavy atom. The lowest BCUT2D eigenvalue weighted by molar-refractivity contribution is 0.102. The Bertz CT molecular complexity index is 990. The van der Waals surface area contributed by atoms with Crippen LogP contribution in [0.4, 0.5) is 5.69 Å². The van der Waals surface area contributed by atoms with Crippen LogP contribution in [0.3, 0.4) is 0 Å². The van der Waals surface area contributed by atoms with Crippen LogP contribution in [0.5, 0.6) is 5.75 Å². The summed E-state index contributed by atoms with van der Waals surface area (Å²) in [5, 5.41) is 12.6. The molecular weight excluding hydrogens is 338 g/mol. The summed E-state index contributed by atoms with van der Waals surface area (Å²) in [6.07, 6.45) is 3.07. The van der Waals surface area contributed by atoms with E-state index in [0.29, 0.717) is 5.56 Å². The first-order chi connectivity index (χ1) is 13.0. The summed E-state index contributed by atoms with van der Waals surface area (Å²) in [4.78, 5) is 24.5. The summed E-state index contributed by atoms with van der Waals surface area (Å²) >= 11 is 0. The third kappa shape index (κ3) is 4.70. The summed E-state index contributed by atoms with van der Waals surface area (Å²) in [6.45, 7) is 1.86. The van der Waals surface area contributed by atoms with E-state index in [4.69, 9.17) is 0 Å². The average Bonchev–Trinajstić information content (AvgIpc) is 2.69. The number of hydrogen-bond acceptors (Lipinski definition) is 3. The fraction of sp³-hybridized carbons (Fsp3) is 0.0435. The molecule has 0 aliphatic rings. The standard InChI is InChI=1S/C23H19NO3/c1-16-7-13-21(25)20(15-16)22(26)14-10-17-8-11-18(12-9-17)23(27)24-19-5-3-2-4-6-19/h2-15,25H,1H3,(H,24,27)/b14-10+. The number of nitrogens with one attached hydrogen (secondary N) is 1. The fourth-order valence-electron chi connectivity index (χ4n) is 2.58. The first-order valence-corrected chi connectivity index (χ1v) is 8.51. The Hall–Kier alpha value is -3.66. The van der Waals surface area contributed by atoms with E-state index < -0.39 is 0 Å². The van der Waals surface area contributed by atoms with Gasteiger partial charge in [0.15, 0.2) is 5.78 Å². The molecule has 134 valence electrons. The number of anilines is 1. The van der Waals surface area contributed by atoms with E-state index in [1.54, 1.807) is 42.5 Å². The largest absolute Gasteiger partial charge is 0.507 e. The Balaban J connectivity index is 1.68. The smallest absolute Gasteiger partial charge is 0.255 e.